The van der Waals surface area contributed by atoms with Crippen LogP contribution >= 0.6 is 23.1 Å². The molecule has 0 aliphatic rings. The van der Waals surface area contributed by atoms with Crippen molar-refractivity contribution in [3.63, 3.8) is 0 Å². The van der Waals surface area contributed by atoms with Crippen LogP contribution in [0.5, 0.6) is 0 Å². The van der Waals surface area contributed by atoms with Crippen LogP contribution in [-0.4, -0.2) is 15.0 Å². The summed E-state index contributed by atoms with van der Waals surface area (Å²) < 4.78 is 2.07. The van der Waals surface area contributed by atoms with E-state index in [-0.39, 0.29) is 0 Å². The standard InChI is InChI=1S/C12H10N4S2/c1-7-4-11(15-6-14-7)18-12-16-9-3-2-8(13)5-10(9)17-12/h2-6H,13H2,1H3. The van der Waals surface area contributed by atoms with Crippen molar-refractivity contribution in [2.75, 3.05) is 5.73 Å². The average molecular weight is 274 g/mol. The van der Waals surface area contributed by atoms with Crippen LogP contribution in [0, 0.1) is 6.92 Å². The molecule has 90 valence electrons. The van der Waals surface area contributed by atoms with Gasteiger partial charge in [0, 0.05) is 11.4 Å². The lowest BCUT2D eigenvalue weighted by atomic mass is 10.3. The zero-order valence-electron chi connectivity index (χ0n) is 9.62. The smallest absolute Gasteiger partial charge is 0.157 e. The topological polar surface area (TPSA) is 64.7 Å². The van der Waals surface area contributed by atoms with Crippen molar-refractivity contribution in [2.45, 2.75) is 16.3 Å². The number of rotatable bonds is 2. The number of nitrogens with two attached hydrogens (primary N) is 1. The highest BCUT2D eigenvalue weighted by atomic mass is 32.2. The van der Waals surface area contributed by atoms with Crippen molar-refractivity contribution in [1.29, 1.82) is 0 Å². The lowest BCUT2D eigenvalue weighted by Gasteiger charge is -1.96. The van der Waals surface area contributed by atoms with E-state index >= 15 is 0 Å². The molecule has 0 aliphatic heterocycles. The largest absolute Gasteiger partial charge is 0.399 e. The molecular weight excluding hydrogens is 264 g/mol. The van der Waals surface area contributed by atoms with Gasteiger partial charge in [-0.25, -0.2) is 15.0 Å². The van der Waals surface area contributed by atoms with Gasteiger partial charge in [-0.2, -0.15) is 0 Å². The molecule has 2 heterocycles. The van der Waals surface area contributed by atoms with Crippen molar-refractivity contribution in [1.82, 2.24) is 15.0 Å². The summed E-state index contributed by atoms with van der Waals surface area (Å²) in [6.45, 7) is 1.95. The molecule has 0 spiro atoms. The Kier molecular flexibility index (Phi) is 2.89. The molecule has 0 saturated heterocycles. The molecule has 2 N–H and O–H groups in total. The fourth-order valence-electron chi connectivity index (χ4n) is 1.54. The minimum atomic E-state index is 0.764. The van der Waals surface area contributed by atoms with E-state index in [1.54, 1.807) is 29.4 Å². The third kappa shape index (κ3) is 2.30. The van der Waals surface area contributed by atoms with E-state index in [0.717, 1.165) is 31.0 Å². The molecular formula is C12H10N4S2. The van der Waals surface area contributed by atoms with E-state index in [1.165, 1.54) is 0 Å². The number of aromatic nitrogens is 3. The van der Waals surface area contributed by atoms with Gasteiger partial charge < -0.3 is 5.73 Å². The third-order valence-corrected chi connectivity index (χ3v) is 4.37. The van der Waals surface area contributed by atoms with E-state index in [2.05, 4.69) is 15.0 Å². The zero-order valence-corrected chi connectivity index (χ0v) is 11.3. The summed E-state index contributed by atoms with van der Waals surface area (Å²) in [5, 5.41) is 0.912. The van der Waals surface area contributed by atoms with Gasteiger partial charge in [0.25, 0.3) is 0 Å². The fraction of sp³-hybridized carbons (Fsp3) is 0.0833. The summed E-state index contributed by atoms with van der Waals surface area (Å²) in [4.78, 5) is 12.8. The van der Waals surface area contributed by atoms with Crippen molar-refractivity contribution < 1.29 is 0 Å². The van der Waals surface area contributed by atoms with Gasteiger partial charge in [0.15, 0.2) is 4.34 Å². The lowest BCUT2D eigenvalue weighted by Crippen LogP contribution is -1.84. The molecule has 6 heteroatoms. The summed E-state index contributed by atoms with van der Waals surface area (Å²) in [7, 11) is 0. The quantitative estimate of drug-likeness (QED) is 0.574. The number of nitrogen functional groups attached to an aromatic ring is 1. The summed E-state index contributed by atoms with van der Waals surface area (Å²) in [5.74, 6) is 0. The number of aryl methyl sites for hydroxylation is 1. The van der Waals surface area contributed by atoms with Crippen LogP contribution in [0.1, 0.15) is 5.69 Å². The van der Waals surface area contributed by atoms with Crippen LogP contribution in [0.2, 0.25) is 0 Å². The Morgan fingerprint density at radius 3 is 2.94 bits per heavy atom. The van der Waals surface area contributed by atoms with Gasteiger partial charge in [0.2, 0.25) is 0 Å². The number of fused-ring (bicyclic) bond motifs is 1. The van der Waals surface area contributed by atoms with Crippen LogP contribution < -0.4 is 5.73 Å². The molecule has 0 atom stereocenters. The first-order valence-corrected chi connectivity index (χ1v) is 6.96. The number of thiazole rings is 1. The minimum Gasteiger partial charge on any atom is -0.399 e. The maximum Gasteiger partial charge on any atom is 0.157 e. The first kappa shape index (κ1) is 11.4. The second kappa shape index (κ2) is 4.55. The Morgan fingerprint density at radius 1 is 1.22 bits per heavy atom. The number of hydrogen-bond acceptors (Lipinski definition) is 6. The Morgan fingerprint density at radius 2 is 2.11 bits per heavy atom. The maximum absolute atomic E-state index is 5.76. The van der Waals surface area contributed by atoms with Gasteiger partial charge >= 0.3 is 0 Å². The van der Waals surface area contributed by atoms with Crippen LogP contribution in [-0.2, 0) is 0 Å². The molecule has 0 unspecified atom stereocenters. The predicted molar refractivity (Wildman–Crippen MR) is 74.9 cm³/mol. The molecule has 0 bridgehead atoms. The maximum atomic E-state index is 5.76. The SMILES string of the molecule is Cc1cc(Sc2nc3ccc(N)cc3s2)ncn1. The number of hydrogen-bond donors (Lipinski definition) is 1. The van der Waals surface area contributed by atoms with Gasteiger partial charge in [0.1, 0.15) is 11.4 Å². The summed E-state index contributed by atoms with van der Waals surface area (Å²) in [5.41, 5.74) is 8.45. The second-order valence-corrected chi connectivity index (χ2v) is 6.10. The van der Waals surface area contributed by atoms with Gasteiger partial charge in [0.05, 0.1) is 10.2 Å². The summed E-state index contributed by atoms with van der Waals surface area (Å²) >= 11 is 3.17. The highest BCUT2D eigenvalue weighted by Crippen LogP contribution is 2.34. The predicted octanol–water partition coefficient (Wildman–Crippen LogP) is 3.13. The van der Waals surface area contributed by atoms with Crippen LogP contribution in [0.4, 0.5) is 5.69 Å². The normalized spacial score (nSPS) is 10.9. The molecule has 4 nitrogen and oxygen atoms in total. The van der Waals surface area contributed by atoms with E-state index in [1.807, 2.05) is 31.2 Å². The number of nitrogens with zero attached hydrogens (tertiary/aromatic N) is 3. The molecule has 0 saturated carbocycles. The zero-order chi connectivity index (χ0) is 12.5. The Hall–Kier alpha value is -1.66. The van der Waals surface area contributed by atoms with Crippen molar-refractivity contribution in [3.8, 4) is 0 Å². The first-order valence-electron chi connectivity index (χ1n) is 5.33. The Bertz CT molecular complexity index is 708. The lowest BCUT2D eigenvalue weighted by molar-refractivity contribution is 1.01. The highest BCUT2D eigenvalue weighted by Gasteiger charge is 2.07. The van der Waals surface area contributed by atoms with Gasteiger partial charge in [-0.05, 0) is 43.0 Å². The van der Waals surface area contributed by atoms with E-state index < -0.39 is 0 Å². The Labute approximate surface area is 112 Å². The molecule has 3 aromatic rings. The highest BCUT2D eigenvalue weighted by molar-refractivity contribution is 8.01. The summed E-state index contributed by atoms with van der Waals surface area (Å²) in [6.07, 6.45) is 1.57. The average Bonchev–Trinajstić information content (AvgIpc) is 2.70. The molecule has 0 radical (unpaired) electrons. The van der Waals surface area contributed by atoms with Gasteiger partial charge in [-0.3, -0.25) is 0 Å². The molecule has 0 fully saturated rings. The Balaban J connectivity index is 1.95. The second-order valence-electron chi connectivity index (χ2n) is 3.81. The molecule has 0 amide bonds. The molecule has 2 aromatic heterocycles. The number of anilines is 1. The van der Waals surface area contributed by atoms with E-state index in [4.69, 9.17) is 5.73 Å². The van der Waals surface area contributed by atoms with Gasteiger partial charge in [-0.15, -0.1) is 11.3 Å². The monoisotopic (exact) mass is 274 g/mol. The molecule has 1 aromatic carbocycles. The third-order valence-electron chi connectivity index (χ3n) is 2.36. The number of benzene rings is 1. The van der Waals surface area contributed by atoms with Crippen molar-refractivity contribution >= 4 is 39.0 Å². The fourth-order valence-corrected chi connectivity index (χ4v) is 3.63. The molecule has 18 heavy (non-hydrogen) atoms. The van der Waals surface area contributed by atoms with Gasteiger partial charge in [-0.1, -0.05) is 0 Å². The summed E-state index contributed by atoms with van der Waals surface area (Å²) in [6, 6.07) is 7.70. The van der Waals surface area contributed by atoms with Crippen LogP contribution in [0.15, 0.2) is 40.0 Å². The van der Waals surface area contributed by atoms with E-state index in [0.29, 0.717) is 0 Å². The molecule has 0 aliphatic carbocycles. The molecule has 3 rings (SSSR count). The van der Waals surface area contributed by atoms with E-state index in [9.17, 15) is 0 Å². The first-order chi connectivity index (χ1) is 8.70. The minimum absolute atomic E-state index is 0.764. The van der Waals surface area contributed by atoms with Crippen LogP contribution in [0.3, 0.4) is 0 Å². The van der Waals surface area contributed by atoms with Crippen molar-refractivity contribution in [2.24, 2.45) is 0 Å². The van der Waals surface area contributed by atoms with Crippen LogP contribution in [0.25, 0.3) is 10.2 Å². The van der Waals surface area contributed by atoms with Crippen molar-refractivity contribution in [3.05, 3.63) is 36.3 Å².